The number of rotatable bonds is 7. The van der Waals surface area contributed by atoms with Crippen LogP contribution in [0, 0.1) is 0 Å². The first kappa shape index (κ1) is 15.6. The number of urea groups is 1. The molecule has 6 heteroatoms. The Hall–Kier alpha value is -2.76. The van der Waals surface area contributed by atoms with Gasteiger partial charge in [-0.25, -0.2) is 4.79 Å². The number of pyridine rings is 1. The Morgan fingerprint density at radius 2 is 1.73 bits per heavy atom. The molecule has 0 unspecified atom stereocenters. The summed E-state index contributed by atoms with van der Waals surface area (Å²) < 4.78 is 10.6. The third kappa shape index (κ3) is 5.32. The Morgan fingerprint density at radius 1 is 1.05 bits per heavy atom. The number of carbonyl (C=O) groups excluding carboxylic acids is 1. The number of amides is 2. The van der Waals surface area contributed by atoms with Gasteiger partial charge in [0.2, 0.25) is 0 Å². The topological polar surface area (TPSA) is 72.5 Å². The summed E-state index contributed by atoms with van der Waals surface area (Å²) in [5.41, 5.74) is 1.000. The number of nitrogens with one attached hydrogen (secondary N) is 2. The van der Waals surface area contributed by atoms with E-state index in [-0.39, 0.29) is 6.03 Å². The Labute approximate surface area is 129 Å². The van der Waals surface area contributed by atoms with Crippen molar-refractivity contribution in [2.45, 2.75) is 6.54 Å². The molecule has 2 rings (SSSR count). The fourth-order valence-corrected chi connectivity index (χ4v) is 1.75. The SMILES string of the molecule is COc1ccc(OCCNC(=O)NCc2ccncc2)cc1. The zero-order valence-electron chi connectivity index (χ0n) is 12.4. The zero-order valence-corrected chi connectivity index (χ0v) is 12.4. The van der Waals surface area contributed by atoms with Crippen molar-refractivity contribution in [1.82, 2.24) is 15.6 Å². The van der Waals surface area contributed by atoms with E-state index in [9.17, 15) is 4.79 Å². The molecule has 116 valence electrons. The molecule has 22 heavy (non-hydrogen) atoms. The lowest BCUT2D eigenvalue weighted by atomic mass is 10.3. The Kier molecular flexibility index (Phi) is 6.04. The minimum Gasteiger partial charge on any atom is -0.497 e. The highest BCUT2D eigenvalue weighted by atomic mass is 16.5. The molecule has 0 aliphatic heterocycles. The van der Waals surface area contributed by atoms with Crippen LogP contribution in [0.1, 0.15) is 5.56 Å². The maximum Gasteiger partial charge on any atom is 0.315 e. The number of hydrogen-bond donors (Lipinski definition) is 2. The Balaban J connectivity index is 1.60. The van der Waals surface area contributed by atoms with Crippen molar-refractivity contribution in [3.63, 3.8) is 0 Å². The molecule has 2 aromatic rings. The summed E-state index contributed by atoms with van der Waals surface area (Å²) in [6.45, 7) is 1.29. The number of hydrogen-bond acceptors (Lipinski definition) is 4. The summed E-state index contributed by atoms with van der Waals surface area (Å²) in [6.07, 6.45) is 3.38. The first-order chi connectivity index (χ1) is 10.8. The van der Waals surface area contributed by atoms with Crippen LogP contribution in [0.5, 0.6) is 11.5 Å². The summed E-state index contributed by atoms with van der Waals surface area (Å²) >= 11 is 0. The van der Waals surface area contributed by atoms with Crippen molar-refractivity contribution >= 4 is 6.03 Å². The average Bonchev–Trinajstić information content (AvgIpc) is 2.58. The van der Waals surface area contributed by atoms with Gasteiger partial charge in [0.1, 0.15) is 18.1 Å². The van der Waals surface area contributed by atoms with Gasteiger partial charge in [0.05, 0.1) is 13.7 Å². The molecule has 0 saturated carbocycles. The number of nitrogens with zero attached hydrogens (tertiary/aromatic N) is 1. The quantitative estimate of drug-likeness (QED) is 0.767. The minimum atomic E-state index is -0.227. The molecule has 0 aliphatic carbocycles. The number of carbonyl (C=O) groups is 1. The van der Waals surface area contributed by atoms with E-state index in [1.54, 1.807) is 19.5 Å². The smallest absolute Gasteiger partial charge is 0.315 e. The molecule has 0 saturated heterocycles. The third-order valence-corrected chi connectivity index (χ3v) is 2.92. The maximum absolute atomic E-state index is 11.6. The average molecular weight is 301 g/mol. The van der Waals surface area contributed by atoms with E-state index in [0.29, 0.717) is 19.7 Å². The predicted molar refractivity (Wildman–Crippen MR) is 83.0 cm³/mol. The second-order valence-electron chi connectivity index (χ2n) is 4.49. The minimum absolute atomic E-state index is 0.227. The van der Waals surface area contributed by atoms with Crippen LogP contribution < -0.4 is 20.1 Å². The van der Waals surface area contributed by atoms with Crippen LogP contribution in [0.25, 0.3) is 0 Å². The second-order valence-corrected chi connectivity index (χ2v) is 4.49. The van der Waals surface area contributed by atoms with Crippen LogP contribution in [0.2, 0.25) is 0 Å². The van der Waals surface area contributed by atoms with Crippen molar-refractivity contribution in [3.8, 4) is 11.5 Å². The van der Waals surface area contributed by atoms with E-state index in [4.69, 9.17) is 9.47 Å². The van der Waals surface area contributed by atoms with Gasteiger partial charge in [0.25, 0.3) is 0 Å². The summed E-state index contributed by atoms with van der Waals surface area (Å²) in [7, 11) is 1.62. The van der Waals surface area contributed by atoms with Gasteiger partial charge in [0.15, 0.2) is 0 Å². The van der Waals surface area contributed by atoms with Gasteiger partial charge in [-0.3, -0.25) is 4.98 Å². The molecule has 6 nitrogen and oxygen atoms in total. The van der Waals surface area contributed by atoms with E-state index < -0.39 is 0 Å². The summed E-state index contributed by atoms with van der Waals surface area (Å²) in [6, 6.07) is 10.8. The molecular weight excluding hydrogens is 282 g/mol. The lowest BCUT2D eigenvalue weighted by Crippen LogP contribution is -2.37. The molecule has 0 radical (unpaired) electrons. The molecule has 0 fully saturated rings. The Bertz CT molecular complexity index is 573. The lowest BCUT2D eigenvalue weighted by molar-refractivity contribution is 0.236. The van der Waals surface area contributed by atoms with Gasteiger partial charge in [-0.2, -0.15) is 0 Å². The van der Waals surface area contributed by atoms with Crippen LogP contribution in [0.3, 0.4) is 0 Å². The van der Waals surface area contributed by atoms with Crippen LogP contribution >= 0.6 is 0 Å². The predicted octanol–water partition coefficient (Wildman–Crippen LogP) is 1.97. The standard InChI is InChI=1S/C16H19N3O3/c1-21-14-2-4-15(5-3-14)22-11-10-18-16(20)19-12-13-6-8-17-9-7-13/h2-9H,10-12H2,1H3,(H2,18,19,20). The first-order valence-electron chi connectivity index (χ1n) is 6.95. The molecule has 2 amide bonds. The van der Waals surface area contributed by atoms with Crippen LogP contribution in [0.15, 0.2) is 48.8 Å². The van der Waals surface area contributed by atoms with Crippen molar-refractivity contribution in [2.24, 2.45) is 0 Å². The van der Waals surface area contributed by atoms with Crippen LogP contribution in [0.4, 0.5) is 4.79 Å². The number of aromatic nitrogens is 1. The molecule has 0 atom stereocenters. The highest BCUT2D eigenvalue weighted by Crippen LogP contribution is 2.16. The first-order valence-corrected chi connectivity index (χ1v) is 6.95. The summed E-state index contributed by atoms with van der Waals surface area (Å²) in [5, 5.41) is 5.49. The largest absolute Gasteiger partial charge is 0.497 e. The zero-order chi connectivity index (χ0) is 15.6. The highest BCUT2D eigenvalue weighted by Gasteiger charge is 2.00. The van der Waals surface area contributed by atoms with E-state index in [1.807, 2.05) is 36.4 Å². The molecule has 0 spiro atoms. The van der Waals surface area contributed by atoms with E-state index in [0.717, 1.165) is 17.1 Å². The molecule has 1 aromatic carbocycles. The highest BCUT2D eigenvalue weighted by molar-refractivity contribution is 5.73. The molecule has 0 bridgehead atoms. The number of ether oxygens (including phenoxy) is 2. The molecule has 1 heterocycles. The summed E-state index contributed by atoms with van der Waals surface area (Å²) in [5.74, 6) is 1.51. The van der Waals surface area contributed by atoms with Gasteiger partial charge in [-0.15, -0.1) is 0 Å². The number of methoxy groups -OCH3 is 1. The van der Waals surface area contributed by atoms with Crippen molar-refractivity contribution < 1.29 is 14.3 Å². The lowest BCUT2D eigenvalue weighted by Gasteiger charge is -2.09. The monoisotopic (exact) mass is 301 g/mol. The fourth-order valence-electron chi connectivity index (χ4n) is 1.75. The molecule has 1 aromatic heterocycles. The molecule has 2 N–H and O–H groups in total. The van der Waals surface area contributed by atoms with E-state index in [2.05, 4.69) is 15.6 Å². The van der Waals surface area contributed by atoms with Gasteiger partial charge >= 0.3 is 6.03 Å². The van der Waals surface area contributed by atoms with Gasteiger partial charge < -0.3 is 20.1 Å². The maximum atomic E-state index is 11.6. The summed E-state index contributed by atoms with van der Waals surface area (Å²) in [4.78, 5) is 15.5. The fraction of sp³-hybridized carbons (Fsp3) is 0.250. The normalized spacial score (nSPS) is 9.86. The molecule has 0 aliphatic rings. The third-order valence-electron chi connectivity index (χ3n) is 2.92. The van der Waals surface area contributed by atoms with Crippen molar-refractivity contribution in [3.05, 3.63) is 54.4 Å². The number of benzene rings is 1. The van der Waals surface area contributed by atoms with E-state index >= 15 is 0 Å². The van der Waals surface area contributed by atoms with Crippen LogP contribution in [-0.2, 0) is 6.54 Å². The Morgan fingerprint density at radius 3 is 2.41 bits per heavy atom. The van der Waals surface area contributed by atoms with E-state index in [1.165, 1.54) is 0 Å². The van der Waals surface area contributed by atoms with Gasteiger partial charge in [-0.05, 0) is 42.0 Å². The molecular formula is C16H19N3O3. The van der Waals surface area contributed by atoms with Gasteiger partial charge in [0, 0.05) is 18.9 Å². The van der Waals surface area contributed by atoms with Crippen molar-refractivity contribution in [1.29, 1.82) is 0 Å². The van der Waals surface area contributed by atoms with Crippen LogP contribution in [-0.4, -0.2) is 31.3 Å². The van der Waals surface area contributed by atoms with Crippen molar-refractivity contribution in [2.75, 3.05) is 20.3 Å². The second kappa shape index (κ2) is 8.51. The van der Waals surface area contributed by atoms with Gasteiger partial charge in [-0.1, -0.05) is 0 Å².